The van der Waals surface area contributed by atoms with Crippen molar-refractivity contribution in [3.63, 3.8) is 0 Å². The fourth-order valence-corrected chi connectivity index (χ4v) is 6.88. The van der Waals surface area contributed by atoms with Crippen molar-refractivity contribution in [3.8, 4) is 5.75 Å². The summed E-state index contributed by atoms with van der Waals surface area (Å²) < 4.78 is 39.6. The van der Waals surface area contributed by atoms with Gasteiger partial charge in [-0.3, -0.25) is 4.90 Å². The molecule has 0 bridgehead atoms. The maximum absolute atomic E-state index is 14.2. The number of H-pyrrole nitrogens is 1. The van der Waals surface area contributed by atoms with E-state index in [0.29, 0.717) is 44.8 Å². The van der Waals surface area contributed by atoms with Crippen molar-refractivity contribution in [1.29, 1.82) is 0 Å². The first kappa shape index (κ1) is 26.0. The quantitative estimate of drug-likeness (QED) is 0.428. The molecule has 39 heavy (non-hydrogen) atoms. The number of hydrogen-bond acceptors (Lipinski definition) is 6. The van der Waals surface area contributed by atoms with Gasteiger partial charge in [0.1, 0.15) is 11.6 Å². The SMILES string of the molecule is COc1cc(C)c2[nH]ccc2c1CN1CCC2(C[C@H]1c1ccc(C(=O)O)nc1N1CC(OC)C1)CC(F)(F)C2. The molecule has 1 spiro atoms. The van der Waals surface area contributed by atoms with Crippen LogP contribution in [0.5, 0.6) is 5.75 Å². The van der Waals surface area contributed by atoms with Crippen LogP contribution < -0.4 is 9.64 Å². The predicted octanol–water partition coefficient (Wildman–Crippen LogP) is 5.17. The number of nitrogens with one attached hydrogen (secondary N) is 1. The van der Waals surface area contributed by atoms with Crippen LogP contribution in [-0.4, -0.2) is 71.8 Å². The van der Waals surface area contributed by atoms with Gasteiger partial charge in [-0.05, 0) is 55.5 Å². The monoisotopic (exact) mass is 540 g/mol. The maximum atomic E-state index is 14.2. The molecule has 2 aromatic heterocycles. The third-order valence-electron chi connectivity index (χ3n) is 8.92. The van der Waals surface area contributed by atoms with Crippen LogP contribution in [0.25, 0.3) is 10.9 Å². The lowest BCUT2D eigenvalue weighted by Crippen LogP contribution is -2.54. The Labute approximate surface area is 225 Å². The fourth-order valence-electron chi connectivity index (χ4n) is 6.88. The number of fused-ring (bicyclic) bond motifs is 1. The largest absolute Gasteiger partial charge is 0.496 e. The molecule has 3 fully saturated rings. The van der Waals surface area contributed by atoms with Gasteiger partial charge in [-0.15, -0.1) is 0 Å². The van der Waals surface area contributed by atoms with Crippen molar-refractivity contribution in [1.82, 2.24) is 14.9 Å². The van der Waals surface area contributed by atoms with Crippen LogP contribution in [0.15, 0.2) is 30.5 Å². The van der Waals surface area contributed by atoms with Crippen molar-refractivity contribution in [2.24, 2.45) is 5.41 Å². The Morgan fingerprint density at radius 3 is 2.67 bits per heavy atom. The minimum absolute atomic E-state index is 0.0314. The van der Waals surface area contributed by atoms with E-state index in [1.165, 1.54) is 6.07 Å². The number of carbonyl (C=O) groups is 1. The molecule has 0 amide bonds. The van der Waals surface area contributed by atoms with Gasteiger partial charge in [0.25, 0.3) is 0 Å². The number of rotatable bonds is 7. The van der Waals surface area contributed by atoms with Crippen LogP contribution in [0.4, 0.5) is 14.6 Å². The number of pyridine rings is 1. The number of alkyl halides is 2. The van der Waals surface area contributed by atoms with Gasteiger partial charge >= 0.3 is 5.97 Å². The highest BCUT2D eigenvalue weighted by Crippen LogP contribution is 2.61. The predicted molar refractivity (Wildman–Crippen MR) is 143 cm³/mol. The Kier molecular flexibility index (Phi) is 6.30. The van der Waals surface area contributed by atoms with Crippen LogP contribution in [-0.2, 0) is 11.3 Å². The molecule has 0 radical (unpaired) electrons. The summed E-state index contributed by atoms with van der Waals surface area (Å²) in [7, 11) is 3.32. The molecule has 2 saturated heterocycles. The average Bonchev–Trinajstić information content (AvgIpc) is 3.35. The van der Waals surface area contributed by atoms with E-state index >= 15 is 0 Å². The topological polar surface area (TPSA) is 90.9 Å². The minimum Gasteiger partial charge on any atom is -0.496 e. The van der Waals surface area contributed by atoms with Crippen molar-refractivity contribution < 1.29 is 28.2 Å². The highest BCUT2D eigenvalue weighted by molar-refractivity contribution is 5.88. The average molecular weight is 541 g/mol. The number of piperidine rings is 1. The lowest BCUT2D eigenvalue weighted by Gasteiger charge is -2.55. The number of anilines is 1. The molecule has 1 saturated carbocycles. The zero-order valence-electron chi connectivity index (χ0n) is 22.5. The number of carboxylic acid groups (broad SMARTS) is 1. The summed E-state index contributed by atoms with van der Waals surface area (Å²) in [5.74, 6) is -2.33. The molecule has 1 atom stereocenters. The molecular formula is C29H34F2N4O4. The smallest absolute Gasteiger partial charge is 0.354 e. The number of carboxylic acids is 1. The lowest BCUT2D eigenvalue weighted by atomic mass is 9.59. The first-order chi connectivity index (χ1) is 18.6. The summed E-state index contributed by atoms with van der Waals surface area (Å²) in [6.45, 7) is 4.45. The van der Waals surface area contributed by atoms with Gasteiger partial charge in [-0.2, -0.15) is 0 Å². The van der Waals surface area contributed by atoms with Crippen LogP contribution in [0.2, 0.25) is 0 Å². The highest BCUT2D eigenvalue weighted by atomic mass is 19.3. The molecule has 3 aliphatic rings. The fraction of sp³-hybridized carbons (Fsp3) is 0.517. The third kappa shape index (κ3) is 4.53. The summed E-state index contributed by atoms with van der Waals surface area (Å²) >= 11 is 0. The Morgan fingerprint density at radius 2 is 2.00 bits per heavy atom. The number of hydrogen-bond donors (Lipinski definition) is 2. The molecule has 0 unspecified atom stereocenters. The number of aromatic nitrogens is 2. The Morgan fingerprint density at radius 1 is 1.23 bits per heavy atom. The summed E-state index contributed by atoms with van der Waals surface area (Å²) in [4.78, 5) is 24.0. The number of likely N-dealkylation sites (tertiary alicyclic amines) is 1. The number of methoxy groups -OCH3 is 2. The van der Waals surface area contributed by atoms with E-state index in [0.717, 1.165) is 33.3 Å². The number of benzene rings is 1. The lowest BCUT2D eigenvalue weighted by molar-refractivity contribution is -0.186. The molecular weight excluding hydrogens is 506 g/mol. The van der Waals surface area contributed by atoms with E-state index in [-0.39, 0.29) is 30.7 Å². The highest BCUT2D eigenvalue weighted by Gasteiger charge is 2.58. The van der Waals surface area contributed by atoms with Crippen molar-refractivity contribution in [2.45, 2.75) is 57.2 Å². The zero-order valence-corrected chi connectivity index (χ0v) is 22.5. The number of ether oxygens (including phenoxy) is 2. The van der Waals surface area contributed by atoms with Gasteiger partial charge < -0.3 is 24.5 Å². The zero-order chi connectivity index (χ0) is 27.5. The molecule has 2 aliphatic heterocycles. The second-order valence-electron chi connectivity index (χ2n) is 11.5. The molecule has 1 aliphatic carbocycles. The summed E-state index contributed by atoms with van der Waals surface area (Å²) in [6, 6.07) is 7.23. The van der Waals surface area contributed by atoms with Gasteiger partial charge in [0, 0.05) is 73.9 Å². The molecule has 2 N–H and O–H groups in total. The number of aryl methyl sites for hydroxylation is 1. The van der Waals surface area contributed by atoms with Crippen LogP contribution >= 0.6 is 0 Å². The van der Waals surface area contributed by atoms with E-state index in [9.17, 15) is 18.7 Å². The van der Waals surface area contributed by atoms with E-state index in [1.807, 2.05) is 36.2 Å². The summed E-state index contributed by atoms with van der Waals surface area (Å²) in [5, 5.41) is 10.7. The molecule has 10 heteroatoms. The van der Waals surface area contributed by atoms with Gasteiger partial charge in [0.2, 0.25) is 5.92 Å². The summed E-state index contributed by atoms with van der Waals surface area (Å²) in [6.07, 6.45) is 3.01. The van der Waals surface area contributed by atoms with Crippen molar-refractivity contribution >= 4 is 22.7 Å². The van der Waals surface area contributed by atoms with Gasteiger partial charge in [-0.25, -0.2) is 18.6 Å². The van der Waals surface area contributed by atoms with Crippen molar-refractivity contribution in [3.05, 3.63) is 52.8 Å². The molecule has 1 aromatic carbocycles. The Hall–Kier alpha value is -3.24. The summed E-state index contributed by atoms with van der Waals surface area (Å²) in [5.41, 5.74) is 3.59. The second kappa shape index (κ2) is 9.45. The van der Waals surface area contributed by atoms with Crippen molar-refractivity contribution in [2.75, 3.05) is 38.8 Å². The van der Waals surface area contributed by atoms with E-state index in [2.05, 4.69) is 14.9 Å². The molecule has 4 heterocycles. The van der Waals surface area contributed by atoms with E-state index in [4.69, 9.17) is 9.47 Å². The van der Waals surface area contributed by atoms with Crippen LogP contribution in [0, 0.1) is 12.3 Å². The van der Waals surface area contributed by atoms with E-state index < -0.39 is 17.3 Å². The maximum Gasteiger partial charge on any atom is 0.354 e. The van der Waals surface area contributed by atoms with Gasteiger partial charge in [-0.1, -0.05) is 6.07 Å². The first-order valence-electron chi connectivity index (χ1n) is 13.4. The molecule has 8 nitrogen and oxygen atoms in total. The molecule has 3 aromatic rings. The second-order valence-corrected chi connectivity index (χ2v) is 11.5. The van der Waals surface area contributed by atoms with Gasteiger partial charge in [0.05, 0.1) is 13.2 Å². The molecule has 208 valence electrons. The van der Waals surface area contributed by atoms with Gasteiger partial charge in [0.15, 0.2) is 5.69 Å². The number of aromatic carboxylic acids is 1. The minimum atomic E-state index is -2.62. The first-order valence-corrected chi connectivity index (χ1v) is 13.4. The van der Waals surface area contributed by atoms with E-state index in [1.54, 1.807) is 14.2 Å². The standard InChI is InChI=1S/C29H34F2N4O4/c1-17-10-24(39-3)21(19-6-8-32-25(17)19)14-34-9-7-28(15-29(30,31)16-28)11-23(34)20-4-5-22(27(36)37)33-26(20)35-12-18(13-35)38-2/h4-6,8,10,18,23,32H,7,9,11-16H2,1-3H3,(H,36,37)/t23-/m0/s1. The molecule has 6 rings (SSSR count). The van der Waals surface area contributed by atoms with Crippen LogP contribution in [0.1, 0.15) is 58.9 Å². The normalized spacial score (nSPS) is 22.6. The third-order valence-corrected chi connectivity index (χ3v) is 8.92. The number of nitrogens with zero attached hydrogens (tertiary/aromatic N) is 3. The number of halogens is 2. The number of aromatic amines is 1. The Bertz CT molecular complexity index is 1410. The van der Waals surface area contributed by atoms with Crippen LogP contribution in [0.3, 0.4) is 0 Å². The Balaban J connectivity index is 1.41.